The molecule has 4 heterocycles. The van der Waals surface area contributed by atoms with Crippen molar-refractivity contribution in [3.63, 3.8) is 0 Å². The second kappa shape index (κ2) is 16.3. The zero-order chi connectivity index (χ0) is 41.3. The van der Waals surface area contributed by atoms with E-state index in [2.05, 4.69) is 16.0 Å². The van der Waals surface area contributed by atoms with Gasteiger partial charge < -0.3 is 46.6 Å². The number of pyridine rings is 2. The van der Waals surface area contributed by atoms with Crippen LogP contribution in [0.4, 0.5) is 19.3 Å². The summed E-state index contributed by atoms with van der Waals surface area (Å²) < 4.78 is 43.4. The first-order valence-corrected chi connectivity index (χ1v) is 18.7. The number of benzene rings is 2. The fourth-order valence-electron chi connectivity index (χ4n) is 7.19. The fourth-order valence-corrected chi connectivity index (χ4v) is 7.19. The van der Waals surface area contributed by atoms with Crippen molar-refractivity contribution in [3.8, 4) is 17.1 Å². The van der Waals surface area contributed by atoms with E-state index in [4.69, 9.17) is 25.9 Å². The number of anilines is 1. The van der Waals surface area contributed by atoms with Gasteiger partial charge in [-0.2, -0.15) is 0 Å². The van der Waals surface area contributed by atoms with E-state index < -0.39 is 65.3 Å². The van der Waals surface area contributed by atoms with Crippen molar-refractivity contribution in [3.05, 3.63) is 86.2 Å². The number of hydrogen-bond donors (Lipinski definition) is 6. The molecule has 0 saturated carbocycles. The third-order valence-electron chi connectivity index (χ3n) is 10.5. The molecule has 3 atom stereocenters. The molecule has 0 fully saturated rings. The van der Waals surface area contributed by atoms with Gasteiger partial charge in [0.2, 0.25) is 11.8 Å². The van der Waals surface area contributed by atoms with Gasteiger partial charge in [-0.05, 0) is 73.6 Å². The predicted octanol–water partition coefficient (Wildman–Crippen LogP) is 3.35. The van der Waals surface area contributed by atoms with E-state index in [1.807, 2.05) is 6.92 Å². The summed E-state index contributed by atoms with van der Waals surface area (Å²) in [6, 6.07) is 5.74. The Hall–Kier alpha value is -5.94. The number of halogens is 2. The number of carbonyl (C=O) groups excluding carboxylic acids is 4. The van der Waals surface area contributed by atoms with Crippen molar-refractivity contribution in [2.24, 2.45) is 17.4 Å². The molecule has 57 heavy (non-hydrogen) atoms. The van der Waals surface area contributed by atoms with Crippen molar-refractivity contribution >= 4 is 40.4 Å². The minimum absolute atomic E-state index is 0.0210. The monoisotopic (exact) mass is 789 g/mol. The van der Waals surface area contributed by atoms with Gasteiger partial charge in [-0.3, -0.25) is 14.4 Å². The van der Waals surface area contributed by atoms with Crippen LogP contribution in [0, 0.1) is 17.6 Å². The summed E-state index contributed by atoms with van der Waals surface area (Å²) in [6.07, 6.45) is 0.886. The number of urea groups is 1. The van der Waals surface area contributed by atoms with Crippen LogP contribution in [0.5, 0.6) is 5.75 Å². The normalized spacial score (nSPS) is 16.6. The van der Waals surface area contributed by atoms with Crippen LogP contribution < -0.4 is 37.7 Å². The van der Waals surface area contributed by atoms with Crippen LogP contribution in [0.25, 0.3) is 22.3 Å². The number of amides is 4. The lowest BCUT2D eigenvalue weighted by Gasteiger charge is -2.31. The summed E-state index contributed by atoms with van der Waals surface area (Å²) in [6.45, 7) is 6.66. The topological polar surface area (TPSA) is 230 Å². The zero-order valence-electron chi connectivity index (χ0n) is 32.0. The molecule has 4 aromatic rings. The van der Waals surface area contributed by atoms with Crippen molar-refractivity contribution < 1.29 is 42.5 Å². The van der Waals surface area contributed by atoms with Gasteiger partial charge >= 0.3 is 12.0 Å². The average molecular weight is 790 g/mol. The first-order chi connectivity index (χ1) is 27.1. The highest BCUT2D eigenvalue weighted by Gasteiger charge is 2.45. The van der Waals surface area contributed by atoms with E-state index >= 15 is 8.78 Å². The van der Waals surface area contributed by atoms with E-state index in [1.165, 1.54) is 0 Å². The van der Waals surface area contributed by atoms with Crippen LogP contribution in [0.2, 0.25) is 0 Å². The highest BCUT2D eigenvalue weighted by atomic mass is 19.1. The maximum Gasteiger partial charge on any atom is 0.343 e. The summed E-state index contributed by atoms with van der Waals surface area (Å²) in [4.78, 5) is 68.0. The van der Waals surface area contributed by atoms with E-state index in [-0.39, 0.29) is 67.3 Å². The molecule has 0 bridgehead atoms. The summed E-state index contributed by atoms with van der Waals surface area (Å²) in [5.41, 5.74) is 11.8. The second-order valence-electron chi connectivity index (χ2n) is 14.5. The van der Waals surface area contributed by atoms with Crippen molar-refractivity contribution in [1.29, 1.82) is 0 Å². The number of aliphatic hydroxyl groups is 1. The molecule has 0 unspecified atom stereocenters. The van der Waals surface area contributed by atoms with Gasteiger partial charge in [-0.15, -0.1) is 0 Å². The largest absolute Gasteiger partial charge is 0.489 e. The Labute approximate surface area is 326 Å². The molecule has 0 spiro atoms. The molecule has 0 saturated heterocycles. The number of esters is 1. The van der Waals surface area contributed by atoms with Crippen LogP contribution in [0.15, 0.2) is 41.2 Å². The van der Waals surface area contributed by atoms with Gasteiger partial charge in [0.15, 0.2) is 5.60 Å². The molecule has 0 radical (unpaired) electrons. The number of hydrogen-bond acceptors (Lipinski definition) is 10. The van der Waals surface area contributed by atoms with Gasteiger partial charge in [0, 0.05) is 28.7 Å². The van der Waals surface area contributed by atoms with Gasteiger partial charge in [-0.1, -0.05) is 27.7 Å². The lowest BCUT2D eigenvalue weighted by atomic mass is 9.86. The maximum absolute atomic E-state index is 15.4. The zero-order valence-corrected chi connectivity index (χ0v) is 32.0. The quantitative estimate of drug-likeness (QED) is 0.0710. The molecule has 4 amide bonds. The van der Waals surface area contributed by atoms with E-state index in [1.54, 1.807) is 49.6 Å². The molecule has 302 valence electrons. The molecule has 0 aliphatic carbocycles. The van der Waals surface area contributed by atoms with Crippen LogP contribution in [-0.2, 0) is 50.9 Å². The number of nitrogens with one attached hydrogen (secondary N) is 3. The number of aromatic nitrogens is 2. The molecule has 2 aliphatic rings. The molecule has 17 heteroatoms. The third kappa shape index (κ3) is 7.89. The van der Waals surface area contributed by atoms with Crippen molar-refractivity contribution in [1.82, 2.24) is 20.2 Å². The highest BCUT2D eigenvalue weighted by Crippen LogP contribution is 2.41. The molecule has 2 aromatic carbocycles. The number of cyclic esters (lactones) is 1. The first-order valence-electron chi connectivity index (χ1n) is 18.7. The van der Waals surface area contributed by atoms with Gasteiger partial charge in [-0.25, -0.2) is 23.4 Å². The number of ether oxygens (including phenoxy) is 2. The molecule has 2 aliphatic heterocycles. The van der Waals surface area contributed by atoms with Gasteiger partial charge in [0.05, 0.1) is 40.6 Å². The number of carbonyl (C=O) groups is 4. The highest BCUT2D eigenvalue weighted by molar-refractivity contribution is 5.98. The Bertz CT molecular complexity index is 2330. The maximum atomic E-state index is 15.4. The Morgan fingerprint density at radius 2 is 1.77 bits per heavy atom. The minimum Gasteiger partial charge on any atom is -0.489 e. The summed E-state index contributed by atoms with van der Waals surface area (Å²) in [7, 11) is 0. The van der Waals surface area contributed by atoms with Crippen molar-refractivity contribution in [2.75, 3.05) is 11.9 Å². The van der Waals surface area contributed by atoms with Crippen molar-refractivity contribution in [2.45, 2.75) is 90.8 Å². The Kier molecular flexibility index (Phi) is 11.6. The van der Waals surface area contributed by atoms with Crippen LogP contribution in [0.3, 0.4) is 0 Å². The molecule has 2 aromatic heterocycles. The second-order valence-corrected chi connectivity index (χ2v) is 14.5. The standard InChI is InChI=1S/C40H45F2N7O8/c1-5-22-23-14-21(9-10-30(23)47-34-24(22)16-49-32(34)15-27-25(37(49)52)17-57-38(53)40(27,55)6-2)56-18-26-28(41)12-20(13-29(26)42)46-35(50)31(8-7-11-45-39(44)54)48-36(51)33(43)19(3)4/h9-10,12-15,19,31,33,55H,5-8,11,16-18,43H2,1-4H3,(H,46,50)(H,48,51)(H3,44,45,54)/t31-,33-,40-/m0/s1. The molecule has 6 rings (SSSR count). The van der Waals surface area contributed by atoms with Crippen LogP contribution in [0.1, 0.15) is 74.8 Å². The Balaban J connectivity index is 1.20. The average Bonchev–Trinajstić information content (AvgIpc) is 3.54. The smallest absolute Gasteiger partial charge is 0.343 e. The summed E-state index contributed by atoms with van der Waals surface area (Å²) >= 11 is 0. The molecule has 8 N–H and O–H groups in total. The number of fused-ring (bicyclic) bond motifs is 5. The lowest BCUT2D eigenvalue weighted by molar-refractivity contribution is -0.172. The SMILES string of the molecule is CCc1c2c(nc3ccc(OCc4c(F)cc(NC(=O)[C@H](CCCNC(N)=O)NC(=O)[C@@H](N)C(C)C)cc4F)cc13)-c1cc3c(c(=O)n1C2)COC(=O)[C@]3(O)CC. The van der Waals surface area contributed by atoms with E-state index in [0.29, 0.717) is 34.5 Å². The van der Waals surface area contributed by atoms with Gasteiger partial charge in [0.25, 0.3) is 5.56 Å². The van der Waals surface area contributed by atoms with Crippen LogP contribution in [-0.4, -0.2) is 57.1 Å². The number of nitrogens with two attached hydrogens (primary N) is 2. The number of aryl methyl sites for hydroxylation is 1. The van der Waals surface area contributed by atoms with E-state index in [0.717, 1.165) is 23.3 Å². The number of nitrogens with zero attached hydrogens (tertiary/aromatic N) is 2. The molecule has 15 nitrogen and oxygen atoms in total. The van der Waals surface area contributed by atoms with Gasteiger partial charge in [0.1, 0.15) is 36.6 Å². The third-order valence-corrected chi connectivity index (χ3v) is 10.5. The lowest BCUT2D eigenvalue weighted by Crippen LogP contribution is -2.51. The minimum atomic E-state index is -1.95. The number of primary amides is 1. The molecular formula is C40H45F2N7O8. The molecular weight excluding hydrogens is 744 g/mol. The van der Waals surface area contributed by atoms with Crippen LogP contribution >= 0.6 is 0 Å². The summed E-state index contributed by atoms with van der Waals surface area (Å²) in [5, 5.41) is 19.3. The Morgan fingerprint density at radius 1 is 1.05 bits per heavy atom. The summed E-state index contributed by atoms with van der Waals surface area (Å²) in [5.74, 6) is -4.04. The fraction of sp³-hybridized carbons (Fsp3) is 0.400. The Morgan fingerprint density at radius 3 is 2.42 bits per heavy atom. The first kappa shape index (κ1) is 40.7. The predicted molar refractivity (Wildman–Crippen MR) is 205 cm³/mol. The number of rotatable bonds is 14. The van der Waals surface area contributed by atoms with E-state index in [9.17, 15) is 29.1 Å².